The summed E-state index contributed by atoms with van der Waals surface area (Å²) >= 11 is 0. The average Bonchev–Trinajstić information content (AvgIpc) is 2.05. The lowest BCUT2D eigenvalue weighted by Crippen LogP contribution is -1.78. The highest BCUT2D eigenvalue weighted by molar-refractivity contribution is 5.63. The van der Waals surface area contributed by atoms with Crippen LogP contribution in [0, 0.1) is 6.92 Å². The molecule has 0 bridgehead atoms. The largest absolute Gasteiger partial charge is 0.122 e. The summed E-state index contributed by atoms with van der Waals surface area (Å²) in [6.07, 6.45) is 1.94. The summed E-state index contributed by atoms with van der Waals surface area (Å²) in [5, 5.41) is 0. The first-order valence-electron chi connectivity index (χ1n) is 4.19. The lowest BCUT2D eigenvalue weighted by Gasteiger charge is -1.98. The lowest BCUT2D eigenvalue weighted by molar-refractivity contribution is 1.44. The summed E-state index contributed by atoms with van der Waals surface area (Å²) in [5.41, 5.74) is 6.93. The van der Waals surface area contributed by atoms with Crippen LogP contribution in [0.3, 0.4) is 0 Å². The Bertz CT molecular complexity index is 326. The Morgan fingerprint density at radius 1 is 1.42 bits per heavy atom. The molecule has 0 aliphatic rings. The van der Waals surface area contributed by atoms with E-state index in [4.69, 9.17) is 0 Å². The van der Waals surface area contributed by atoms with Crippen LogP contribution in [0.25, 0.3) is 5.57 Å². The maximum absolute atomic E-state index is 3.18. The topological polar surface area (TPSA) is 0 Å². The number of benzene rings is 1. The first-order valence-corrected chi connectivity index (χ1v) is 4.19. The predicted octanol–water partition coefficient (Wildman–Crippen LogP) is 3.57. The number of aryl methyl sites for hydroxylation is 1. The highest BCUT2D eigenvalue weighted by Gasteiger charge is 1.92. The van der Waals surface area contributed by atoms with Crippen LogP contribution < -0.4 is 0 Å². The molecule has 0 saturated heterocycles. The van der Waals surface area contributed by atoms with E-state index < -0.39 is 0 Å². The van der Waals surface area contributed by atoms with Gasteiger partial charge in [-0.3, -0.25) is 0 Å². The molecule has 0 unspecified atom stereocenters. The van der Waals surface area contributed by atoms with E-state index in [-0.39, 0.29) is 0 Å². The highest BCUT2D eigenvalue weighted by Crippen LogP contribution is 2.13. The smallest absolute Gasteiger partial charge is 0.00224 e. The fourth-order valence-electron chi connectivity index (χ4n) is 1.18. The minimum absolute atomic E-state index is 1.20. The molecule has 0 heteroatoms. The third-order valence-corrected chi connectivity index (χ3v) is 1.81. The molecule has 62 valence electrons. The average molecular weight is 158 g/mol. The van der Waals surface area contributed by atoms with Gasteiger partial charge in [-0.1, -0.05) is 29.8 Å². The van der Waals surface area contributed by atoms with E-state index in [1.807, 2.05) is 13.0 Å². The second-order valence-electron chi connectivity index (χ2n) is 2.93. The van der Waals surface area contributed by atoms with Gasteiger partial charge in [0.15, 0.2) is 0 Å². The van der Waals surface area contributed by atoms with E-state index in [1.165, 1.54) is 16.7 Å². The molecule has 0 heterocycles. The minimum atomic E-state index is 1.20. The van der Waals surface area contributed by atoms with Crippen molar-refractivity contribution in [2.24, 2.45) is 0 Å². The molecule has 0 aromatic heterocycles. The van der Waals surface area contributed by atoms with Gasteiger partial charge in [-0.2, -0.15) is 0 Å². The molecule has 0 fully saturated rings. The Morgan fingerprint density at radius 3 is 2.75 bits per heavy atom. The van der Waals surface area contributed by atoms with Crippen molar-refractivity contribution in [3.05, 3.63) is 47.2 Å². The fraction of sp³-hybridized carbons (Fsp3) is 0.250. The number of hydrogen-bond acceptors (Lipinski definition) is 0. The Hall–Kier alpha value is -1.26. The molecule has 0 saturated carbocycles. The molecule has 1 aromatic carbocycles. The van der Waals surface area contributed by atoms with Crippen molar-refractivity contribution in [2.75, 3.05) is 0 Å². The van der Waals surface area contributed by atoms with Crippen LogP contribution in [0.4, 0.5) is 0 Å². The molecule has 0 radical (unpaired) electrons. The second-order valence-corrected chi connectivity index (χ2v) is 2.93. The van der Waals surface area contributed by atoms with Crippen LogP contribution in [-0.4, -0.2) is 0 Å². The van der Waals surface area contributed by atoms with Gasteiger partial charge in [0.25, 0.3) is 0 Å². The zero-order chi connectivity index (χ0) is 8.97. The van der Waals surface area contributed by atoms with Crippen molar-refractivity contribution in [2.45, 2.75) is 20.8 Å². The fourth-order valence-corrected chi connectivity index (χ4v) is 1.18. The Kier molecular flexibility index (Phi) is 2.90. The second kappa shape index (κ2) is 3.94. The highest BCUT2D eigenvalue weighted by atomic mass is 14.0. The normalized spacial score (nSPS) is 8.92. The van der Waals surface area contributed by atoms with Gasteiger partial charge in [0.1, 0.15) is 0 Å². The van der Waals surface area contributed by atoms with Crippen LogP contribution in [-0.2, 0) is 0 Å². The van der Waals surface area contributed by atoms with Crippen molar-refractivity contribution in [3.63, 3.8) is 0 Å². The van der Waals surface area contributed by atoms with Gasteiger partial charge < -0.3 is 0 Å². The third-order valence-electron chi connectivity index (χ3n) is 1.81. The predicted molar refractivity (Wildman–Crippen MR) is 54.0 cm³/mol. The summed E-state index contributed by atoms with van der Waals surface area (Å²) in [7, 11) is 0. The molecule has 0 aliphatic carbocycles. The molecule has 0 aliphatic heterocycles. The molecule has 1 rings (SSSR count). The summed E-state index contributed by atoms with van der Waals surface area (Å²) < 4.78 is 0. The molecular weight excluding hydrogens is 144 g/mol. The summed E-state index contributed by atoms with van der Waals surface area (Å²) in [4.78, 5) is 0. The van der Waals surface area contributed by atoms with E-state index in [0.29, 0.717) is 0 Å². The third kappa shape index (κ3) is 2.11. The zero-order valence-electron chi connectivity index (χ0n) is 7.89. The summed E-state index contributed by atoms with van der Waals surface area (Å²) in [6, 6.07) is 8.46. The standard InChI is InChI=1S/C12H14/c1-4-6-11(3)12-8-5-7-10(2)9-12/h4-5,7-9H,1-3H3. The first-order chi connectivity index (χ1) is 5.74. The van der Waals surface area contributed by atoms with Gasteiger partial charge in [-0.25, -0.2) is 0 Å². The first kappa shape index (κ1) is 8.83. The van der Waals surface area contributed by atoms with Gasteiger partial charge >= 0.3 is 0 Å². The van der Waals surface area contributed by atoms with Gasteiger partial charge in [0, 0.05) is 0 Å². The summed E-state index contributed by atoms with van der Waals surface area (Å²) in [5.74, 6) is 0. The van der Waals surface area contributed by atoms with Crippen molar-refractivity contribution in [3.8, 4) is 0 Å². The quantitative estimate of drug-likeness (QED) is 0.548. The Labute approximate surface area is 74.2 Å². The van der Waals surface area contributed by atoms with E-state index >= 15 is 0 Å². The molecular formula is C12H14. The number of rotatable bonds is 1. The van der Waals surface area contributed by atoms with Gasteiger partial charge in [-0.15, -0.1) is 5.73 Å². The lowest BCUT2D eigenvalue weighted by atomic mass is 10.1. The monoisotopic (exact) mass is 158 g/mol. The Balaban J connectivity index is 3.12. The van der Waals surface area contributed by atoms with Crippen LogP contribution >= 0.6 is 0 Å². The van der Waals surface area contributed by atoms with E-state index in [1.54, 1.807) is 0 Å². The van der Waals surface area contributed by atoms with Gasteiger partial charge in [0.05, 0.1) is 0 Å². The SMILES string of the molecule is CC=C=C(C)c1cccc(C)c1. The summed E-state index contributed by atoms with van der Waals surface area (Å²) in [6.45, 7) is 6.17. The van der Waals surface area contributed by atoms with Gasteiger partial charge in [0.2, 0.25) is 0 Å². The zero-order valence-corrected chi connectivity index (χ0v) is 7.89. The molecule has 0 N–H and O–H groups in total. The maximum atomic E-state index is 3.18. The van der Waals surface area contributed by atoms with Crippen molar-refractivity contribution < 1.29 is 0 Å². The molecule has 0 amide bonds. The number of allylic oxidation sites excluding steroid dienone is 1. The van der Waals surface area contributed by atoms with Crippen molar-refractivity contribution in [1.82, 2.24) is 0 Å². The van der Waals surface area contributed by atoms with E-state index in [9.17, 15) is 0 Å². The number of hydrogen-bond donors (Lipinski definition) is 0. The van der Waals surface area contributed by atoms with Crippen molar-refractivity contribution in [1.29, 1.82) is 0 Å². The van der Waals surface area contributed by atoms with Crippen LogP contribution in [0.2, 0.25) is 0 Å². The molecule has 0 spiro atoms. The molecule has 0 atom stereocenters. The molecule has 0 nitrogen and oxygen atoms in total. The van der Waals surface area contributed by atoms with Gasteiger partial charge in [-0.05, 0) is 38.0 Å². The van der Waals surface area contributed by atoms with E-state index in [2.05, 4.69) is 43.8 Å². The Morgan fingerprint density at radius 2 is 2.17 bits per heavy atom. The van der Waals surface area contributed by atoms with Crippen LogP contribution in [0.5, 0.6) is 0 Å². The minimum Gasteiger partial charge on any atom is -0.122 e. The van der Waals surface area contributed by atoms with Crippen LogP contribution in [0.1, 0.15) is 25.0 Å². The van der Waals surface area contributed by atoms with Crippen molar-refractivity contribution >= 4 is 5.57 Å². The maximum Gasteiger partial charge on any atom is -0.00224 e. The molecule has 1 aromatic rings. The van der Waals surface area contributed by atoms with Crippen LogP contribution in [0.15, 0.2) is 36.1 Å². The van der Waals surface area contributed by atoms with E-state index in [0.717, 1.165) is 0 Å². The molecule has 12 heavy (non-hydrogen) atoms.